The van der Waals surface area contributed by atoms with Gasteiger partial charge in [0, 0.05) is 31.0 Å². The zero-order chi connectivity index (χ0) is 30.9. The summed E-state index contributed by atoms with van der Waals surface area (Å²) in [6, 6.07) is 2.07. The van der Waals surface area contributed by atoms with Crippen LogP contribution in [-0.4, -0.2) is 78.9 Å². The number of quaternary nitrogens is 1. The van der Waals surface area contributed by atoms with Gasteiger partial charge in [-0.25, -0.2) is 0 Å². The van der Waals surface area contributed by atoms with E-state index in [1.807, 2.05) is 27.0 Å². The van der Waals surface area contributed by atoms with Crippen molar-refractivity contribution in [1.29, 1.82) is 0 Å². The van der Waals surface area contributed by atoms with E-state index in [0.29, 0.717) is 33.7 Å². The van der Waals surface area contributed by atoms with Gasteiger partial charge in [0.05, 0.1) is 48.6 Å². The fraction of sp³-hybridized carbons (Fsp3) is 0.545. The Kier molecular flexibility index (Phi) is 8.72. The van der Waals surface area contributed by atoms with Gasteiger partial charge >= 0.3 is 0 Å². The summed E-state index contributed by atoms with van der Waals surface area (Å²) in [5, 5.41) is 14.9. The van der Waals surface area contributed by atoms with Gasteiger partial charge in [0.25, 0.3) is 5.91 Å². The van der Waals surface area contributed by atoms with Crippen LogP contribution in [0.1, 0.15) is 77.6 Å². The van der Waals surface area contributed by atoms with Crippen LogP contribution >= 0.6 is 0 Å². The molecule has 3 unspecified atom stereocenters. The summed E-state index contributed by atoms with van der Waals surface area (Å²) in [5.41, 5.74) is 5.80. The summed E-state index contributed by atoms with van der Waals surface area (Å²) in [6.45, 7) is 11.7. The predicted octanol–water partition coefficient (Wildman–Crippen LogP) is 4.98. The molecule has 2 aliphatic heterocycles. The van der Waals surface area contributed by atoms with Crippen LogP contribution in [0.2, 0.25) is 0 Å². The van der Waals surface area contributed by atoms with Crippen molar-refractivity contribution in [2.45, 2.75) is 90.8 Å². The third-order valence-electron chi connectivity index (χ3n) is 9.98. The van der Waals surface area contributed by atoms with E-state index < -0.39 is 0 Å². The molecule has 2 amide bonds. The summed E-state index contributed by atoms with van der Waals surface area (Å²) in [6.07, 6.45) is 16.5. The molecule has 3 atom stereocenters. The number of allylic oxidation sites excluding steroid dienone is 3. The van der Waals surface area contributed by atoms with Crippen molar-refractivity contribution in [3.05, 3.63) is 59.3 Å². The molecule has 1 aliphatic carbocycles. The molecule has 2 fully saturated rings. The lowest BCUT2D eigenvalue weighted by atomic mass is 10.00. The van der Waals surface area contributed by atoms with Gasteiger partial charge in [-0.05, 0) is 71.2 Å². The average Bonchev–Trinajstić information content (AvgIpc) is 3.51. The first-order valence-corrected chi connectivity index (χ1v) is 15.7. The lowest BCUT2D eigenvalue weighted by molar-refractivity contribution is -0.908. The molecule has 43 heavy (non-hydrogen) atoms. The summed E-state index contributed by atoms with van der Waals surface area (Å²) in [4.78, 5) is 35.1. The van der Waals surface area contributed by atoms with Crippen molar-refractivity contribution in [2.75, 3.05) is 30.8 Å². The topological polar surface area (TPSA) is 105 Å². The Hall–Kier alpha value is -3.63. The molecular weight excluding hydrogens is 540 g/mol. The molecule has 1 spiro atoms. The zero-order valence-electron chi connectivity index (χ0n) is 26.8. The number of carbonyl (C=O) groups excluding carboxylic acids is 2. The fourth-order valence-electron chi connectivity index (χ4n) is 7.14. The average molecular weight is 588 g/mol. The van der Waals surface area contributed by atoms with E-state index in [2.05, 4.69) is 76.8 Å². The Morgan fingerprint density at radius 2 is 1.93 bits per heavy atom. The van der Waals surface area contributed by atoms with Crippen LogP contribution in [0.4, 0.5) is 11.4 Å². The molecule has 0 aromatic carbocycles. The zero-order valence-corrected chi connectivity index (χ0v) is 26.8. The van der Waals surface area contributed by atoms with Gasteiger partial charge < -0.3 is 10.6 Å². The SMILES string of the molecule is CC/C(=C(/C)C(=O)Nc1cc(NC(=O)CN2CCCC23CC3)cnc1C)[N+]1(C)C(C)C=C(c2cnn(C)n2)C=CC1CC. The Morgan fingerprint density at radius 3 is 2.58 bits per heavy atom. The van der Waals surface area contributed by atoms with Crippen molar-refractivity contribution in [3.8, 4) is 0 Å². The van der Waals surface area contributed by atoms with E-state index in [1.165, 1.54) is 19.3 Å². The largest absolute Gasteiger partial charge is 0.324 e. The fourth-order valence-corrected chi connectivity index (χ4v) is 7.14. The molecule has 1 saturated heterocycles. The number of pyridine rings is 1. The molecular formula is C33H47N8O2+. The Labute approximate surface area is 255 Å². The van der Waals surface area contributed by atoms with Crippen LogP contribution in [0.15, 0.2) is 48.0 Å². The number of anilines is 2. The van der Waals surface area contributed by atoms with E-state index in [4.69, 9.17) is 0 Å². The lowest BCUT2D eigenvalue weighted by Crippen LogP contribution is -2.55. The standard InChI is InChI=1S/C33H46N8O2/c1-8-27-12-11-25(29-20-35-39(6)38-29)17-22(3)41(27,7)30(9-2)23(4)32(43)37-28-18-26(19-34-24(28)5)36-31(42)21-40-16-10-13-33(40)14-15-33/h11-12,17-20,22,27H,8-10,13-16,21H2,1-7H3,(H-,36,37,42,43)/p+1/b30-23+. The molecule has 230 valence electrons. The van der Waals surface area contributed by atoms with Crippen molar-refractivity contribution < 1.29 is 14.1 Å². The maximum atomic E-state index is 13.8. The normalized spacial score (nSPS) is 25.2. The van der Waals surface area contributed by atoms with Crippen LogP contribution in [-0.2, 0) is 16.6 Å². The minimum Gasteiger partial charge on any atom is -0.324 e. The maximum absolute atomic E-state index is 13.8. The maximum Gasteiger partial charge on any atom is 0.256 e. The Morgan fingerprint density at radius 1 is 1.16 bits per heavy atom. The van der Waals surface area contributed by atoms with Crippen LogP contribution < -0.4 is 10.6 Å². The second-order valence-electron chi connectivity index (χ2n) is 12.6. The minimum atomic E-state index is -0.161. The second-order valence-corrected chi connectivity index (χ2v) is 12.6. The number of aryl methyl sites for hydroxylation is 2. The predicted molar refractivity (Wildman–Crippen MR) is 170 cm³/mol. The highest BCUT2D eigenvalue weighted by atomic mass is 16.2. The minimum absolute atomic E-state index is 0.0411. The molecule has 2 aromatic rings. The van der Waals surface area contributed by atoms with Gasteiger partial charge in [-0.2, -0.15) is 15.0 Å². The third-order valence-corrected chi connectivity index (χ3v) is 9.98. The van der Waals surface area contributed by atoms with E-state index >= 15 is 0 Å². The van der Waals surface area contributed by atoms with Gasteiger partial charge in [0.1, 0.15) is 23.5 Å². The highest BCUT2D eigenvalue weighted by molar-refractivity contribution is 6.04. The van der Waals surface area contributed by atoms with Crippen LogP contribution in [0, 0.1) is 6.92 Å². The van der Waals surface area contributed by atoms with Crippen molar-refractivity contribution in [3.63, 3.8) is 0 Å². The van der Waals surface area contributed by atoms with E-state index in [9.17, 15) is 9.59 Å². The molecule has 2 N–H and O–H groups in total. The van der Waals surface area contributed by atoms with E-state index in [0.717, 1.165) is 42.8 Å². The van der Waals surface area contributed by atoms with Gasteiger partial charge in [0.15, 0.2) is 0 Å². The van der Waals surface area contributed by atoms with Gasteiger partial charge in [-0.1, -0.05) is 19.9 Å². The first-order valence-electron chi connectivity index (χ1n) is 15.7. The van der Waals surface area contributed by atoms with Gasteiger partial charge in [-0.15, -0.1) is 0 Å². The lowest BCUT2D eigenvalue weighted by Gasteiger charge is -2.45. The van der Waals surface area contributed by atoms with Gasteiger partial charge in [0.2, 0.25) is 5.91 Å². The van der Waals surface area contributed by atoms with Crippen LogP contribution in [0.3, 0.4) is 0 Å². The molecule has 1 saturated carbocycles. The molecule has 2 aromatic heterocycles. The first kappa shape index (κ1) is 30.8. The summed E-state index contributed by atoms with van der Waals surface area (Å²) < 4.78 is 0.595. The Bertz CT molecular complexity index is 1480. The molecule has 10 heteroatoms. The number of likely N-dealkylation sites (tertiary alicyclic amines) is 1. The van der Waals surface area contributed by atoms with Gasteiger partial charge in [-0.3, -0.25) is 24.0 Å². The summed E-state index contributed by atoms with van der Waals surface area (Å²) in [7, 11) is 4.05. The highest BCUT2D eigenvalue weighted by Gasteiger charge is 2.50. The molecule has 5 rings (SSSR count). The van der Waals surface area contributed by atoms with Crippen LogP contribution in [0.5, 0.6) is 0 Å². The third kappa shape index (κ3) is 6.08. The molecule has 0 bridgehead atoms. The number of rotatable bonds is 9. The monoisotopic (exact) mass is 587 g/mol. The number of likely N-dealkylation sites (N-methyl/N-ethyl adjacent to an activating group) is 1. The molecule has 3 aliphatic rings. The summed E-state index contributed by atoms with van der Waals surface area (Å²) >= 11 is 0. The number of carbonyl (C=O) groups is 2. The number of amides is 2. The molecule has 4 heterocycles. The second kappa shape index (κ2) is 12.2. The smallest absolute Gasteiger partial charge is 0.256 e. The molecule has 10 nitrogen and oxygen atoms in total. The van der Waals surface area contributed by atoms with Crippen molar-refractivity contribution in [2.24, 2.45) is 7.05 Å². The number of hydrogen-bond acceptors (Lipinski definition) is 6. The van der Waals surface area contributed by atoms with Crippen LogP contribution in [0.25, 0.3) is 5.57 Å². The summed E-state index contributed by atoms with van der Waals surface area (Å²) in [5.74, 6) is -0.202. The number of hydrogen-bond donors (Lipinski definition) is 2. The van der Waals surface area contributed by atoms with E-state index in [1.54, 1.807) is 17.2 Å². The first-order chi connectivity index (χ1) is 20.5. The Balaban J connectivity index is 1.36. The quantitative estimate of drug-likeness (QED) is 0.317. The number of nitrogens with one attached hydrogen (secondary N) is 2. The van der Waals surface area contributed by atoms with Crippen molar-refractivity contribution >= 4 is 28.8 Å². The highest BCUT2D eigenvalue weighted by Crippen LogP contribution is 2.49. The molecule has 0 radical (unpaired) electrons. The van der Waals surface area contributed by atoms with E-state index in [-0.39, 0.29) is 29.4 Å². The number of nitrogens with zero attached hydrogens (tertiary/aromatic N) is 6. The van der Waals surface area contributed by atoms with Crippen molar-refractivity contribution in [1.82, 2.24) is 24.9 Å². The number of aromatic nitrogens is 4.